The van der Waals surface area contributed by atoms with Crippen molar-refractivity contribution in [1.82, 2.24) is 4.90 Å². The molecule has 0 spiro atoms. The second-order valence-corrected chi connectivity index (χ2v) is 5.83. The van der Waals surface area contributed by atoms with Crippen LogP contribution in [-0.2, 0) is 0 Å². The predicted octanol–water partition coefficient (Wildman–Crippen LogP) is 1.97. The Bertz CT molecular complexity index is 613. The normalized spacial score (nSPS) is 26.5. The van der Waals surface area contributed by atoms with Crippen LogP contribution in [0.5, 0.6) is 0 Å². The number of hydrogen-bond acceptors (Lipinski definition) is 4. The van der Waals surface area contributed by atoms with Gasteiger partial charge in [0.1, 0.15) is 5.82 Å². The Labute approximate surface area is 133 Å². The molecule has 2 fully saturated rings. The molecule has 120 valence electrons. The van der Waals surface area contributed by atoms with Crippen LogP contribution < -0.4 is 5.73 Å². The third-order valence-electron chi connectivity index (χ3n) is 4.54. The van der Waals surface area contributed by atoms with E-state index in [-0.39, 0.29) is 35.8 Å². The van der Waals surface area contributed by atoms with Gasteiger partial charge in [-0.2, -0.15) is 0 Å². The molecule has 3 rings (SSSR count). The summed E-state index contributed by atoms with van der Waals surface area (Å²) in [5, 5.41) is 10.7. The lowest BCUT2D eigenvalue weighted by Crippen LogP contribution is -2.33. The Morgan fingerprint density at radius 2 is 2.05 bits per heavy atom. The maximum atomic E-state index is 13.4. The summed E-state index contributed by atoms with van der Waals surface area (Å²) in [5.41, 5.74) is 5.64. The summed E-state index contributed by atoms with van der Waals surface area (Å²) in [6, 6.07) is 3.09. The van der Waals surface area contributed by atoms with E-state index in [1.165, 1.54) is 0 Å². The molecular formula is C14H17ClFN3O3. The van der Waals surface area contributed by atoms with Crippen molar-refractivity contribution in [1.29, 1.82) is 0 Å². The first kappa shape index (κ1) is 16.6. The number of rotatable bonds is 2. The van der Waals surface area contributed by atoms with Crippen LogP contribution in [0.3, 0.4) is 0 Å². The fourth-order valence-electron chi connectivity index (χ4n) is 3.46. The topological polar surface area (TPSA) is 89.5 Å². The molecule has 1 amide bonds. The van der Waals surface area contributed by atoms with Crippen molar-refractivity contribution in [2.24, 2.45) is 17.6 Å². The molecule has 0 bridgehead atoms. The molecule has 22 heavy (non-hydrogen) atoms. The minimum atomic E-state index is -0.774. The number of benzene rings is 1. The molecule has 3 unspecified atom stereocenters. The number of fused-ring (bicyclic) bond motifs is 1. The van der Waals surface area contributed by atoms with Crippen molar-refractivity contribution in [2.75, 3.05) is 13.1 Å². The number of carbonyl (C=O) groups is 1. The lowest BCUT2D eigenvalue weighted by molar-refractivity contribution is -0.385. The third kappa shape index (κ3) is 2.91. The first-order chi connectivity index (χ1) is 9.95. The Hall–Kier alpha value is -1.73. The Kier molecular flexibility index (Phi) is 4.67. The van der Waals surface area contributed by atoms with Crippen molar-refractivity contribution in [3.05, 3.63) is 39.7 Å². The Morgan fingerprint density at radius 3 is 2.68 bits per heavy atom. The fraction of sp³-hybridized carbons (Fsp3) is 0.500. The Balaban J connectivity index is 0.00000176. The summed E-state index contributed by atoms with van der Waals surface area (Å²) in [6.45, 7) is 1.15. The highest BCUT2D eigenvalue weighted by molar-refractivity contribution is 5.95. The molecule has 1 aromatic rings. The predicted molar refractivity (Wildman–Crippen MR) is 80.4 cm³/mol. The van der Waals surface area contributed by atoms with E-state index in [1.807, 2.05) is 0 Å². The quantitative estimate of drug-likeness (QED) is 0.663. The number of nitrogens with zero attached hydrogens (tertiary/aromatic N) is 2. The number of carbonyl (C=O) groups excluding carboxylic acids is 1. The number of amides is 1. The van der Waals surface area contributed by atoms with E-state index >= 15 is 0 Å². The molecule has 1 aromatic carbocycles. The maximum absolute atomic E-state index is 13.4. The van der Waals surface area contributed by atoms with Gasteiger partial charge in [-0.25, -0.2) is 4.39 Å². The van der Waals surface area contributed by atoms with E-state index in [2.05, 4.69) is 0 Å². The summed E-state index contributed by atoms with van der Waals surface area (Å²) >= 11 is 0. The van der Waals surface area contributed by atoms with Crippen LogP contribution in [0.15, 0.2) is 18.2 Å². The molecule has 1 aliphatic heterocycles. The molecular weight excluding hydrogens is 313 g/mol. The highest BCUT2D eigenvalue weighted by Crippen LogP contribution is 2.37. The summed E-state index contributed by atoms with van der Waals surface area (Å²) < 4.78 is 13.4. The van der Waals surface area contributed by atoms with Gasteiger partial charge in [-0.15, -0.1) is 12.4 Å². The van der Waals surface area contributed by atoms with E-state index in [0.717, 1.165) is 31.0 Å². The number of hydrogen-bond donors (Lipinski definition) is 1. The van der Waals surface area contributed by atoms with Gasteiger partial charge >= 0.3 is 0 Å². The van der Waals surface area contributed by atoms with Crippen LogP contribution in [0.1, 0.15) is 23.2 Å². The number of nitro benzene ring substituents is 1. The van der Waals surface area contributed by atoms with Crippen LogP contribution in [0.4, 0.5) is 10.1 Å². The molecule has 1 heterocycles. The molecule has 2 aliphatic rings. The fourth-order valence-corrected chi connectivity index (χ4v) is 3.46. The molecule has 8 heteroatoms. The van der Waals surface area contributed by atoms with Crippen LogP contribution >= 0.6 is 12.4 Å². The van der Waals surface area contributed by atoms with Gasteiger partial charge in [0.2, 0.25) is 0 Å². The zero-order chi connectivity index (χ0) is 15.1. The molecule has 0 aromatic heterocycles. The lowest BCUT2D eigenvalue weighted by Gasteiger charge is -2.18. The molecule has 6 nitrogen and oxygen atoms in total. The number of likely N-dealkylation sites (tertiary alicyclic amines) is 1. The van der Waals surface area contributed by atoms with Gasteiger partial charge in [-0.3, -0.25) is 14.9 Å². The second kappa shape index (κ2) is 6.18. The Morgan fingerprint density at radius 1 is 1.32 bits per heavy atom. The summed E-state index contributed by atoms with van der Waals surface area (Å²) in [7, 11) is 0. The molecule has 3 atom stereocenters. The smallest absolute Gasteiger partial charge is 0.273 e. The molecule has 1 aliphatic carbocycles. The van der Waals surface area contributed by atoms with E-state index in [1.54, 1.807) is 4.90 Å². The maximum Gasteiger partial charge on any atom is 0.273 e. The van der Waals surface area contributed by atoms with Crippen LogP contribution in [-0.4, -0.2) is 34.9 Å². The molecule has 1 saturated heterocycles. The van der Waals surface area contributed by atoms with Crippen LogP contribution in [0, 0.1) is 27.8 Å². The number of non-ortho nitro benzene ring substituents is 1. The van der Waals surface area contributed by atoms with Crippen LogP contribution in [0.2, 0.25) is 0 Å². The van der Waals surface area contributed by atoms with Gasteiger partial charge in [0, 0.05) is 30.8 Å². The number of nitro groups is 1. The monoisotopic (exact) mass is 329 g/mol. The van der Waals surface area contributed by atoms with Crippen molar-refractivity contribution in [2.45, 2.75) is 18.9 Å². The van der Waals surface area contributed by atoms with Crippen molar-refractivity contribution in [3.8, 4) is 0 Å². The van der Waals surface area contributed by atoms with E-state index in [0.29, 0.717) is 19.0 Å². The van der Waals surface area contributed by atoms with Crippen LogP contribution in [0.25, 0.3) is 0 Å². The first-order valence-corrected chi connectivity index (χ1v) is 6.95. The summed E-state index contributed by atoms with van der Waals surface area (Å²) in [6.07, 6.45) is 1.97. The first-order valence-electron chi connectivity index (χ1n) is 6.95. The van der Waals surface area contributed by atoms with Gasteiger partial charge in [0.05, 0.1) is 11.0 Å². The highest BCUT2D eigenvalue weighted by atomic mass is 35.5. The van der Waals surface area contributed by atoms with E-state index < -0.39 is 16.4 Å². The van der Waals surface area contributed by atoms with Gasteiger partial charge < -0.3 is 10.6 Å². The standard InChI is InChI=1S/C14H16FN3O3.ClH/c15-10-3-9(4-11(5-10)18(20)21)14(19)17-6-8-1-2-13(16)12(8)7-17;/h3-5,8,12-13H,1-2,6-7,16H2;1H. The zero-order valence-electron chi connectivity index (χ0n) is 11.8. The SMILES string of the molecule is Cl.NC1CCC2CN(C(=O)c3cc(F)cc([N+](=O)[O-])c3)CC12. The molecule has 1 saturated carbocycles. The second-order valence-electron chi connectivity index (χ2n) is 5.83. The van der Waals surface area contributed by atoms with Gasteiger partial charge in [0.25, 0.3) is 11.6 Å². The van der Waals surface area contributed by atoms with Crippen molar-refractivity contribution < 1.29 is 14.1 Å². The van der Waals surface area contributed by atoms with E-state index in [9.17, 15) is 19.3 Å². The minimum Gasteiger partial charge on any atom is -0.338 e. The lowest BCUT2D eigenvalue weighted by atomic mass is 9.98. The molecule has 0 radical (unpaired) electrons. The third-order valence-corrected chi connectivity index (χ3v) is 4.54. The average Bonchev–Trinajstić information content (AvgIpc) is 3.00. The number of halogens is 2. The van der Waals surface area contributed by atoms with Gasteiger partial charge in [-0.05, 0) is 30.7 Å². The highest BCUT2D eigenvalue weighted by Gasteiger charge is 2.42. The van der Waals surface area contributed by atoms with Crippen molar-refractivity contribution in [3.63, 3.8) is 0 Å². The van der Waals surface area contributed by atoms with E-state index in [4.69, 9.17) is 5.73 Å². The van der Waals surface area contributed by atoms with Crippen molar-refractivity contribution >= 4 is 24.0 Å². The zero-order valence-corrected chi connectivity index (χ0v) is 12.6. The summed E-state index contributed by atoms with van der Waals surface area (Å²) in [4.78, 5) is 24.1. The van der Waals surface area contributed by atoms with Gasteiger partial charge in [0.15, 0.2) is 0 Å². The molecule has 2 N–H and O–H groups in total. The largest absolute Gasteiger partial charge is 0.338 e. The number of nitrogens with two attached hydrogens (primary N) is 1. The minimum absolute atomic E-state index is 0. The van der Waals surface area contributed by atoms with Gasteiger partial charge in [-0.1, -0.05) is 0 Å². The average molecular weight is 330 g/mol. The summed E-state index contributed by atoms with van der Waals surface area (Å²) in [5.74, 6) is -0.451.